The van der Waals surface area contributed by atoms with Crippen LogP contribution in [0.1, 0.15) is 56.2 Å². The van der Waals surface area contributed by atoms with E-state index in [-0.39, 0.29) is 19.1 Å². The molecule has 44 heavy (non-hydrogen) atoms. The number of ether oxygens (including phenoxy) is 2. The van der Waals surface area contributed by atoms with E-state index in [2.05, 4.69) is 6.92 Å². The van der Waals surface area contributed by atoms with E-state index in [0.29, 0.717) is 23.9 Å². The van der Waals surface area contributed by atoms with Gasteiger partial charge >= 0.3 is 5.97 Å². The molecular formula is C35H48NO7P. The predicted octanol–water partition coefficient (Wildman–Crippen LogP) is 6.33. The SMILES string of the molecule is CCCCC(CC)C(=O)O[C@H](COC(c1ccccc1)(c1ccccc1)c1ccccc1)COP(=O)([O-])OCC[N+](C)(C)C. The van der Waals surface area contributed by atoms with Gasteiger partial charge in [0, 0.05) is 0 Å². The molecule has 0 aliphatic carbocycles. The van der Waals surface area contributed by atoms with E-state index in [4.69, 9.17) is 18.5 Å². The van der Waals surface area contributed by atoms with E-state index in [1.54, 1.807) is 0 Å². The van der Waals surface area contributed by atoms with Gasteiger partial charge < -0.3 is 27.9 Å². The molecule has 0 saturated carbocycles. The molecule has 0 bridgehead atoms. The first-order chi connectivity index (χ1) is 21.0. The molecule has 240 valence electrons. The molecule has 0 heterocycles. The average Bonchev–Trinajstić information content (AvgIpc) is 3.01. The minimum Gasteiger partial charge on any atom is -0.756 e. The van der Waals surface area contributed by atoms with E-state index >= 15 is 0 Å². The standard InChI is InChI=1S/C35H48NO7P/c1-6-8-18-29(7-2)34(37)43-33(28-42-44(38,39)41-26-25-36(3,4)5)27-40-35(30-19-12-9-13-20-30,31-21-14-10-15-22-31)32-23-16-11-17-24-32/h9-17,19-24,29,33H,6-8,18,25-28H2,1-5H3/t29?,33-/m1/s1. The van der Waals surface area contributed by atoms with Crippen LogP contribution < -0.4 is 4.89 Å². The summed E-state index contributed by atoms with van der Waals surface area (Å²) in [6.45, 7) is 3.90. The van der Waals surface area contributed by atoms with Crippen LogP contribution in [0.3, 0.4) is 0 Å². The molecule has 9 heteroatoms. The third-order valence-corrected chi connectivity index (χ3v) is 8.44. The summed E-state index contributed by atoms with van der Waals surface area (Å²) in [5.41, 5.74) is 1.53. The summed E-state index contributed by atoms with van der Waals surface area (Å²) in [5, 5.41) is 0. The van der Waals surface area contributed by atoms with E-state index in [9.17, 15) is 14.3 Å². The number of rotatable bonds is 19. The van der Waals surface area contributed by atoms with Crippen LogP contribution in [0, 0.1) is 5.92 Å². The molecule has 0 aliphatic rings. The Morgan fingerprint density at radius 1 is 0.818 bits per heavy atom. The van der Waals surface area contributed by atoms with Crippen molar-refractivity contribution in [2.75, 3.05) is 47.5 Å². The highest BCUT2D eigenvalue weighted by Gasteiger charge is 2.39. The van der Waals surface area contributed by atoms with Gasteiger partial charge in [-0.05, 0) is 29.5 Å². The number of likely N-dealkylation sites (N-methyl/N-ethyl adjacent to an activating group) is 1. The number of carbonyl (C=O) groups is 1. The van der Waals surface area contributed by atoms with E-state index in [1.165, 1.54) is 0 Å². The zero-order valence-electron chi connectivity index (χ0n) is 26.7. The van der Waals surface area contributed by atoms with Crippen LogP contribution in [0.2, 0.25) is 0 Å². The highest BCUT2D eigenvalue weighted by Crippen LogP contribution is 2.42. The Balaban J connectivity index is 1.95. The zero-order chi connectivity index (χ0) is 32.1. The lowest BCUT2D eigenvalue weighted by atomic mass is 9.80. The summed E-state index contributed by atoms with van der Waals surface area (Å²) in [6.07, 6.45) is 2.13. The van der Waals surface area contributed by atoms with Crippen LogP contribution >= 0.6 is 7.82 Å². The maximum absolute atomic E-state index is 13.3. The number of unbranched alkanes of at least 4 members (excludes halogenated alkanes) is 1. The molecule has 3 atom stereocenters. The van der Waals surface area contributed by atoms with Crippen molar-refractivity contribution in [3.8, 4) is 0 Å². The number of hydrogen-bond acceptors (Lipinski definition) is 7. The van der Waals surface area contributed by atoms with Crippen molar-refractivity contribution in [2.24, 2.45) is 5.92 Å². The third-order valence-electron chi connectivity index (χ3n) is 7.47. The summed E-state index contributed by atoms with van der Waals surface area (Å²) in [7, 11) is 1.15. The van der Waals surface area contributed by atoms with Gasteiger partial charge in [0.1, 0.15) is 24.9 Å². The molecule has 3 aromatic rings. The number of phosphoric ester groups is 1. The minimum atomic E-state index is -4.67. The molecule has 0 amide bonds. The zero-order valence-corrected chi connectivity index (χ0v) is 27.6. The summed E-state index contributed by atoms with van der Waals surface area (Å²) < 4.78 is 36.4. The lowest BCUT2D eigenvalue weighted by Crippen LogP contribution is -2.39. The minimum absolute atomic E-state index is 0.0285. The van der Waals surface area contributed by atoms with Gasteiger partial charge in [0.05, 0.1) is 40.3 Å². The topological polar surface area (TPSA) is 94.1 Å². The molecule has 3 aromatic carbocycles. The van der Waals surface area contributed by atoms with Crippen molar-refractivity contribution in [3.63, 3.8) is 0 Å². The lowest BCUT2D eigenvalue weighted by molar-refractivity contribution is -0.870. The Bertz CT molecular complexity index is 1200. The van der Waals surface area contributed by atoms with Crippen LogP contribution in [-0.2, 0) is 33.5 Å². The molecule has 0 aromatic heterocycles. The summed E-state index contributed by atoms with van der Waals surface area (Å²) in [4.78, 5) is 26.0. The second kappa shape index (κ2) is 17.0. The highest BCUT2D eigenvalue weighted by molar-refractivity contribution is 7.45. The molecule has 0 radical (unpaired) electrons. The van der Waals surface area contributed by atoms with Gasteiger partial charge in [-0.25, -0.2) is 0 Å². The van der Waals surface area contributed by atoms with Gasteiger partial charge in [-0.1, -0.05) is 118 Å². The van der Waals surface area contributed by atoms with E-state index in [1.807, 2.05) is 119 Å². The normalized spacial score (nSPS) is 14.9. The number of esters is 1. The molecule has 3 rings (SSSR count). The Morgan fingerprint density at radius 3 is 1.75 bits per heavy atom. The van der Waals surface area contributed by atoms with Gasteiger partial charge in [0.2, 0.25) is 0 Å². The second-order valence-electron chi connectivity index (χ2n) is 12.0. The summed E-state index contributed by atoms with van der Waals surface area (Å²) >= 11 is 0. The summed E-state index contributed by atoms with van der Waals surface area (Å²) in [6, 6.07) is 29.4. The quantitative estimate of drug-likeness (QED) is 0.0665. The maximum atomic E-state index is 13.3. The maximum Gasteiger partial charge on any atom is 0.309 e. The monoisotopic (exact) mass is 625 g/mol. The van der Waals surface area contributed by atoms with Crippen molar-refractivity contribution >= 4 is 13.8 Å². The molecule has 0 N–H and O–H groups in total. The molecule has 0 aliphatic heterocycles. The second-order valence-corrected chi connectivity index (χ2v) is 13.4. The largest absolute Gasteiger partial charge is 0.756 e. The molecule has 2 unspecified atom stereocenters. The Labute approximate surface area is 263 Å². The predicted molar refractivity (Wildman–Crippen MR) is 171 cm³/mol. The number of nitrogens with zero attached hydrogens (tertiary/aromatic N) is 1. The number of phosphoric acid groups is 1. The van der Waals surface area contributed by atoms with Crippen LogP contribution in [0.4, 0.5) is 0 Å². The first-order valence-electron chi connectivity index (χ1n) is 15.4. The van der Waals surface area contributed by atoms with Gasteiger partial charge in [0.25, 0.3) is 7.82 Å². The van der Waals surface area contributed by atoms with E-state index < -0.39 is 32.1 Å². The molecule has 0 spiro atoms. The molecule has 0 fully saturated rings. The number of quaternary nitrogens is 1. The fourth-order valence-electron chi connectivity index (χ4n) is 4.94. The van der Waals surface area contributed by atoms with Crippen molar-refractivity contribution in [1.82, 2.24) is 0 Å². The van der Waals surface area contributed by atoms with Gasteiger partial charge in [-0.3, -0.25) is 9.36 Å². The van der Waals surface area contributed by atoms with Crippen LogP contribution in [0.5, 0.6) is 0 Å². The highest BCUT2D eigenvalue weighted by atomic mass is 31.2. The number of carbonyl (C=O) groups excluding carboxylic acids is 1. The third kappa shape index (κ3) is 10.7. The van der Waals surface area contributed by atoms with Gasteiger partial charge in [0.15, 0.2) is 0 Å². The Kier molecular flexibility index (Phi) is 13.8. The van der Waals surface area contributed by atoms with Crippen LogP contribution in [0.25, 0.3) is 0 Å². The first-order valence-corrected chi connectivity index (χ1v) is 16.9. The van der Waals surface area contributed by atoms with Crippen LogP contribution in [-0.4, -0.2) is 64.1 Å². The molecule has 0 saturated heterocycles. The van der Waals surface area contributed by atoms with Crippen molar-refractivity contribution in [1.29, 1.82) is 0 Å². The van der Waals surface area contributed by atoms with Gasteiger partial charge in [-0.2, -0.15) is 0 Å². The fourth-order valence-corrected chi connectivity index (χ4v) is 5.67. The average molecular weight is 626 g/mol. The molecular weight excluding hydrogens is 577 g/mol. The number of hydrogen-bond donors (Lipinski definition) is 0. The van der Waals surface area contributed by atoms with Gasteiger partial charge in [-0.15, -0.1) is 0 Å². The number of benzene rings is 3. The summed E-state index contributed by atoms with van der Waals surface area (Å²) in [5.74, 6) is -0.700. The van der Waals surface area contributed by atoms with Crippen molar-refractivity contribution in [3.05, 3.63) is 108 Å². The Morgan fingerprint density at radius 2 is 1.32 bits per heavy atom. The van der Waals surface area contributed by atoms with Crippen molar-refractivity contribution in [2.45, 2.75) is 51.2 Å². The fraction of sp³-hybridized carbons (Fsp3) is 0.457. The first kappa shape index (κ1) is 35.6. The van der Waals surface area contributed by atoms with Crippen LogP contribution in [0.15, 0.2) is 91.0 Å². The molecule has 8 nitrogen and oxygen atoms in total. The van der Waals surface area contributed by atoms with Crippen molar-refractivity contribution < 1.29 is 37.3 Å². The smallest absolute Gasteiger partial charge is 0.309 e. The Hall–Kier alpha value is -2.84. The lowest BCUT2D eigenvalue weighted by Gasteiger charge is -2.37. The van der Waals surface area contributed by atoms with E-state index in [0.717, 1.165) is 29.5 Å².